The summed E-state index contributed by atoms with van der Waals surface area (Å²) < 4.78 is 17.1. The molecule has 188 valence electrons. The van der Waals surface area contributed by atoms with Gasteiger partial charge in [-0.25, -0.2) is 9.37 Å². The maximum absolute atomic E-state index is 15.5. The molecule has 5 nitrogen and oxygen atoms in total. The number of fused-ring (bicyclic) bond motifs is 3. The molecule has 0 saturated carbocycles. The van der Waals surface area contributed by atoms with Crippen LogP contribution in [0.2, 0.25) is 0 Å². The lowest BCUT2D eigenvalue weighted by molar-refractivity contribution is 0.634. The highest BCUT2D eigenvalue weighted by atomic mass is 19.1. The van der Waals surface area contributed by atoms with Gasteiger partial charge in [0.2, 0.25) is 5.95 Å². The van der Waals surface area contributed by atoms with E-state index >= 15 is 4.39 Å². The summed E-state index contributed by atoms with van der Waals surface area (Å²) >= 11 is 0. The molecule has 0 atom stereocenters. The second kappa shape index (κ2) is 9.57. The number of rotatable bonds is 4. The van der Waals surface area contributed by atoms with Crippen molar-refractivity contribution in [3.63, 3.8) is 0 Å². The van der Waals surface area contributed by atoms with Crippen molar-refractivity contribution in [1.29, 1.82) is 5.26 Å². The quantitative estimate of drug-likeness (QED) is 0.237. The molecule has 0 unspecified atom stereocenters. The highest BCUT2D eigenvalue weighted by Gasteiger charge is 2.21. The SMILES string of the molecule is N#Cc1cccc2c3cccc(F)c3n(-c3nc(-c4ccccc4)nc(-c4ccc(-c5ccccc5)cc4)n3)c12. The zero-order valence-corrected chi connectivity index (χ0v) is 21.2. The lowest BCUT2D eigenvalue weighted by Crippen LogP contribution is -2.07. The van der Waals surface area contributed by atoms with Gasteiger partial charge in [0.25, 0.3) is 0 Å². The summed E-state index contributed by atoms with van der Waals surface area (Å²) in [6.45, 7) is 0. The molecular weight excluding hydrogens is 497 g/mol. The Morgan fingerprint density at radius 1 is 0.525 bits per heavy atom. The molecule has 2 aromatic heterocycles. The van der Waals surface area contributed by atoms with E-state index in [1.807, 2.05) is 84.9 Å². The summed E-state index contributed by atoms with van der Waals surface area (Å²) in [6, 6.07) is 40.4. The van der Waals surface area contributed by atoms with Crippen LogP contribution in [0.25, 0.3) is 61.7 Å². The Morgan fingerprint density at radius 3 is 1.70 bits per heavy atom. The highest BCUT2D eigenvalue weighted by molar-refractivity contribution is 6.10. The van der Waals surface area contributed by atoms with Crippen LogP contribution in [0.5, 0.6) is 0 Å². The molecule has 2 heterocycles. The Labute approximate surface area is 229 Å². The van der Waals surface area contributed by atoms with E-state index < -0.39 is 5.82 Å². The summed E-state index contributed by atoms with van der Waals surface area (Å²) in [5, 5.41) is 11.4. The van der Waals surface area contributed by atoms with E-state index in [9.17, 15) is 5.26 Å². The molecule has 0 aliphatic carbocycles. The first-order valence-electron chi connectivity index (χ1n) is 12.8. The third kappa shape index (κ3) is 3.89. The maximum atomic E-state index is 15.5. The summed E-state index contributed by atoms with van der Waals surface area (Å²) in [4.78, 5) is 14.5. The van der Waals surface area contributed by atoms with Crippen molar-refractivity contribution in [2.75, 3.05) is 0 Å². The van der Waals surface area contributed by atoms with Crippen LogP contribution in [0.3, 0.4) is 0 Å². The number of nitrogens with zero attached hydrogens (tertiary/aromatic N) is 5. The smallest absolute Gasteiger partial charge is 0.238 e. The molecule has 0 spiro atoms. The molecule has 0 amide bonds. The van der Waals surface area contributed by atoms with Gasteiger partial charge in [-0.3, -0.25) is 4.57 Å². The number of nitriles is 1. The molecule has 40 heavy (non-hydrogen) atoms. The Hall–Kier alpha value is -5.67. The lowest BCUT2D eigenvalue weighted by Gasteiger charge is -2.12. The fraction of sp³-hybridized carbons (Fsp3) is 0. The average molecular weight is 518 g/mol. The van der Waals surface area contributed by atoms with Crippen molar-refractivity contribution in [1.82, 2.24) is 19.5 Å². The van der Waals surface area contributed by atoms with Crippen LogP contribution < -0.4 is 0 Å². The van der Waals surface area contributed by atoms with Gasteiger partial charge in [0.05, 0.1) is 16.6 Å². The van der Waals surface area contributed by atoms with Gasteiger partial charge >= 0.3 is 0 Å². The third-order valence-corrected chi connectivity index (χ3v) is 6.99. The fourth-order valence-electron chi connectivity index (χ4n) is 5.12. The molecule has 0 saturated heterocycles. The molecule has 6 heteroatoms. The minimum Gasteiger partial charge on any atom is -0.273 e. The lowest BCUT2D eigenvalue weighted by atomic mass is 10.0. The molecule has 0 aliphatic rings. The number of para-hydroxylation sites is 2. The van der Waals surface area contributed by atoms with Gasteiger partial charge in [0, 0.05) is 21.9 Å². The van der Waals surface area contributed by atoms with E-state index in [1.165, 1.54) is 6.07 Å². The van der Waals surface area contributed by atoms with E-state index in [0.29, 0.717) is 33.6 Å². The summed E-state index contributed by atoms with van der Waals surface area (Å²) in [5.74, 6) is 0.717. The van der Waals surface area contributed by atoms with Crippen molar-refractivity contribution >= 4 is 21.8 Å². The number of aromatic nitrogens is 4. The van der Waals surface area contributed by atoms with Crippen molar-refractivity contribution in [2.24, 2.45) is 0 Å². The molecule has 0 N–H and O–H groups in total. The summed E-state index contributed by atoms with van der Waals surface area (Å²) in [5.41, 5.74) is 5.06. The van der Waals surface area contributed by atoms with Crippen LogP contribution in [0, 0.1) is 17.1 Å². The van der Waals surface area contributed by atoms with Gasteiger partial charge in [-0.2, -0.15) is 15.2 Å². The number of benzene rings is 5. The Bertz CT molecular complexity index is 2060. The number of halogens is 1. The summed E-state index contributed by atoms with van der Waals surface area (Å²) in [6.07, 6.45) is 0. The first-order valence-corrected chi connectivity index (χ1v) is 12.8. The minimum atomic E-state index is -0.423. The van der Waals surface area contributed by atoms with Crippen molar-refractivity contribution < 1.29 is 4.39 Å². The normalized spacial score (nSPS) is 11.1. The average Bonchev–Trinajstić information content (AvgIpc) is 3.38. The Morgan fingerprint density at radius 2 is 1.05 bits per heavy atom. The van der Waals surface area contributed by atoms with Crippen LogP contribution >= 0.6 is 0 Å². The second-order valence-corrected chi connectivity index (χ2v) is 9.38. The largest absolute Gasteiger partial charge is 0.273 e. The number of hydrogen-bond donors (Lipinski definition) is 0. The van der Waals surface area contributed by atoms with Crippen molar-refractivity contribution in [2.45, 2.75) is 0 Å². The molecular formula is C34H20FN5. The molecule has 5 aromatic carbocycles. The Kier molecular flexibility index (Phi) is 5.61. The van der Waals surface area contributed by atoms with Crippen LogP contribution in [-0.2, 0) is 0 Å². The van der Waals surface area contributed by atoms with Gasteiger partial charge in [0.15, 0.2) is 11.6 Å². The fourth-order valence-corrected chi connectivity index (χ4v) is 5.12. The molecule has 0 fully saturated rings. The van der Waals surface area contributed by atoms with Crippen molar-refractivity contribution in [3.05, 3.63) is 133 Å². The van der Waals surface area contributed by atoms with E-state index in [-0.39, 0.29) is 5.95 Å². The van der Waals surface area contributed by atoms with Crippen LogP contribution in [-0.4, -0.2) is 19.5 Å². The highest BCUT2D eigenvalue weighted by Crippen LogP contribution is 2.35. The van der Waals surface area contributed by atoms with Gasteiger partial charge in [-0.1, -0.05) is 109 Å². The van der Waals surface area contributed by atoms with Crippen molar-refractivity contribution in [3.8, 4) is 45.9 Å². The van der Waals surface area contributed by atoms with Gasteiger partial charge < -0.3 is 0 Å². The van der Waals surface area contributed by atoms with Crippen LogP contribution in [0.15, 0.2) is 121 Å². The van der Waals surface area contributed by atoms with Crippen LogP contribution in [0.4, 0.5) is 4.39 Å². The van der Waals surface area contributed by atoms with Gasteiger partial charge in [-0.05, 0) is 23.3 Å². The maximum Gasteiger partial charge on any atom is 0.238 e. The van der Waals surface area contributed by atoms with E-state index in [0.717, 1.165) is 27.6 Å². The second-order valence-electron chi connectivity index (χ2n) is 9.38. The predicted molar refractivity (Wildman–Crippen MR) is 155 cm³/mol. The topological polar surface area (TPSA) is 67.4 Å². The molecule has 0 aliphatic heterocycles. The minimum absolute atomic E-state index is 0.240. The van der Waals surface area contributed by atoms with Gasteiger partial charge in [0.1, 0.15) is 11.9 Å². The molecule has 7 aromatic rings. The molecule has 7 rings (SSSR count). The first kappa shape index (κ1) is 23.4. The number of hydrogen-bond acceptors (Lipinski definition) is 4. The first-order chi connectivity index (χ1) is 19.7. The Balaban J connectivity index is 1.51. The predicted octanol–water partition coefficient (Wildman–Crippen LogP) is 7.98. The summed E-state index contributed by atoms with van der Waals surface area (Å²) in [7, 11) is 0. The molecule has 0 radical (unpaired) electrons. The monoisotopic (exact) mass is 517 g/mol. The zero-order chi connectivity index (χ0) is 27.1. The third-order valence-electron chi connectivity index (χ3n) is 6.99. The van der Waals surface area contributed by atoms with Crippen LogP contribution in [0.1, 0.15) is 5.56 Å². The van der Waals surface area contributed by atoms with Gasteiger partial charge in [-0.15, -0.1) is 0 Å². The van der Waals surface area contributed by atoms with E-state index in [2.05, 4.69) is 18.2 Å². The molecule has 0 bridgehead atoms. The standard InChI is InChI=1S/C34H20FN5/c35-29-16-8-15-28-27-14-7-13-26(21-36)30(27)40(31(28)29)34-38-32(24-11-5-2-6-12-24)37-33(39-34)25-19-17-23(18-20-25)22-9-3-1-4-10-22/h1-20H. The van der Waals surface area contributed by atoms with E-state index in [1.54, 1.807) is 22.8 Å². The zero-order valence-electron chi connectivity index (χ0n) is 21.2. The van der Waals surface area contributed by atoms with E-state index in [4.69, 9.17) is 15.0 Å².